The van der Waals surface area contributed by atoms with Gasteiger partial charge >= 0.3 is 0 Å². The molecule has 0 aliphatic heterocycles. The number of rotatable bonds is 5. The van der Waals surface area contributed by atoms with Crippen molar-refractivity contribution < 1.29 is 0 Å². The first-order valence-corrected chi connectivity index (χ1v) is 7.09. The summed E-state index contributed by atoms with van der Waals surface area (Å²) in [6.07, 6.45) is 2.98. The predicted octanol–water partition coefficient (Wildman–Crippen LogP) is 4.04. The van der Waals surface area contributed by atoms with Gasteiger partial charge in [-0.3, -0.25) is 0 Å². The summed E-state index contributed by atoms with van der Waals surface area (Å²) in [5.74, 6) is 1.94. The van der Waals surface area contributed by atoms with Crippen LogP contribution in [0.4, 0.5) is 0 Å². The summed E-state index contributed by atoms with van der Waals surface area (Å²) in [5, 5.41) is 8.52. The number of hydrogen-bond acceptors (Lipinski definition) is 2. The van der Waals surface area contributed by atoms with Crippen molar-refractivity contribution in [1.29, 1.82) is 0 Å². The SMILES string of the molecule is CCC(C)C(c1ccccc1)c1nncn1C(C)C. The van der Waals surface area contributed by atoms with Crippen LogP contribution >= 0.6 is 0 Å². The lowest BCUT2D eigenvalue weighted by Crippen LogP contribution is -2.17. The maximum Gasteiger partial charge on any atom is 0.140 e. The highest BCUT2D eigenvalue weighted by Crippen LogP contribution is 2.33. The molecule has 0 aliphatic carbocycles. The molecule has 1 aromatic carbocycles. The van der Waals surface area contributed by atoms with E-state index in [1.165, 1.54) is 5.56 Å². The molecule has 2 atom stereocenters. The van der Waals surface area contributed by atoms with Gasteiger partial charge in [-0.05, 0) is 25.3 Å². The van der Waals surface area contributed by atoms with Gasteiger partial charge in [0.2, 0.25) is 0 Å². The van der Waals surface area contributed by atoms with Crippen LogP contribution in [0, 0.1) is 5.92 Å². The largest absolute Gasteiger partial charge is 0.315 e. The van der Waals surface area contributed by atoms with Gasteiger partial charge in [0.15, 0.2) is 0 Å². The molecule has 0 saturated heterocycles. The Labute approximate surface area is 115 Å². The van der Waals surface area contributed by atoms with Crippen molar-refractivity contribution in [2.75, 3.05) is 0 Å². The minimum Gasteiger partial charge on any atom is -0.315 e. The van der Waals surface area contributed by atoms with Crippen molar-refractivity contribution >= 4 is 0 Å². The first-order chi connectivity index (χ1) is 9.15. The standard InChI is InChI=1S/C16H23N3/c1-5-13(4)15(14-9-7-6-8-10-14)16-18-17-11-19(16)12(2)3/h6-13,15H,5H2,1-4H3. The molecular weight excluding hydrogens is 234 g/mol. The minimum atomic E-state index is 0.316. The summed E-state index contributed by atoms with van der Waals surface area (Å²) in [7, 11) is 0. The fourth-order valence-corrected chi connectivity index (χ4v) is 2.50. The van der Waals surface area contributed by atoms with Crippen LogP contribution in [0.25, 0.3) is 0 Å². The third-order valence-electron chi connectivity index (χ3n) is 3.81. The van der Waals surface area contributed by atoms with E-state index < -0.39 is 0 Å². The molecule has 0 spiro atoms. The first-order valence-electron chi connectivity index (χ1n) is 7.09. The van der Waals surface area contributed by atoms with E-state index in [1.807, 2.05) is 6.33 Å². The van der Waals surface area contributed by atoms with Crippen molar-refractivity contribution in [3.8, 4) is 0 Å². The molecule has 0 fully saturated rings. The normalized spacial score (nSPS) is 14.6. The van der Waals surface area contributed by atoms with E-state index in [-0.39, 0.29) is 0 Å². The van der Waals surface area contributed by atoms with Crippen LogP contribution in [0.5, 0.6) is 0 Å². The van der Waals surface area contributed by atoms with Crippen LogP contribution in [0.15, 0.2) is 36.7 Å². The smallest absolute Gasteiger partial charge is 0.140 e. The summed E-state index contributed by atoms with van der Waals surface area (Å²) >= 11 is 0. The third kappa shape index (κ3) is 2.86. The summed E-state index contributed by atoms with van der Waals surface area (Å²) in [5.41, 5.74) is 1.33. The highest BCUT2D eigenvalue weighted by atomic mass is 15.3. The molecule has 0 radical (unpaired) electrons. The van der Waals surface area contributed by atoms with Crippen LogP contribution in [0.3, 0.4) is 0 Å². The lowest BCUT2D eigenvalue weighted by molar-refractivity contribution is 0.445. The molecule has 0 bridgehead atoms. The van der Waals surface area contributed by atoms with Crippen LogP contribution in [-0.4, -0.2) is 14.8 Å². The van der Waals surface area contributed by atoms with Gasteiger partial charge in [0, 0.05) is 12.0 Å². The van der Waals surface area contributed by atoms with E-state index in [0.717, 1.165) is 12.2 Å². The average molecular weight is 257 g/mol. The molecule has 1 heterocycles. The molecule has 2 unspecified atom stereocenters. The number of nitrogens with zero attached hydrogens (tertiary/aromatic N) is 3. The lowest BCUT2D eigenvalue weighted by Gasteiger charge is -2.24. The van der Waals surface area contributed by atoms with E-state index in [4.69, 9.17) is 0 Å². The van der Waals surface area contributed by atoms with E-state index in [2.05, 4.69) is 72.8 Å². The van der Waals surface area contributed by atoms with Gasteiger partial charge in [-0.1, -0.05) is 50.6 Å². The molecule has 0 amide bonds. The number of aromatic nitrogens is 3. The van der Waals surface area contributed by atoms with Gasteiger partial charge in [-0.25, -0.2) is 0 Å². The summed E-state index contributed by atoms with van der Waals surface area (Å²) in [6, 6.07) is 11.0. The van der Waals surface area contributed by atoms with Gasteiger partial charge in [-0.2, -0.15) is 0 Å². The molecule has 0 aliphatic rings. The average Bonchev–Trinajstić information content (AvgIpc) is 2.89. The zero-order chi connectivity index (χ0) is 13.8. The molecule has 1 aromatic heterocycles. The van der Waals surface area contributed by atoms with Gasteiger partial charge in [0.25, 0.3) is 0 Å². The van der Waals surface area contributed by atoms with Gasteiger partial charge in [0.1, 0.15) is 12.2 Å². The van der Waals surface area contributed by atoms with Crippen LogP contribution in [0.1, 0.15) is 57.5 Å². The Morgan fingerprint density at radius 1 is 1.11 bits per heavy atom. The highest BCUT2D eigenvalue weighted by Gasteiger charge is 2.25. The number of hydrogen-bond donors (Lipinski definition) is 0. The van der Waals surface area contributed by atoms with Crippen molar-refractivity contribution in [3.63, 3.8) is 0 Å². The quantitative estimate of drug-likeness (QED) is 0.809. The molecule has 0 N–H and O–H groups in total. The minimum absolute atomic E-state index is 0.316. The van der Waals surface area contributed by atoms with E-state index in [1.54, 1.807) is 0 Å². The Bertz CT molecular complexity index is 502. The summed E-state index contributed by atoms with van der Waals surface area (Å²) < 4.78 is 2.18. The molecule has 3 heteroatoms. The number of benzene rings is 1. The molecule has 0 saturated carbocycles. The molecule has 19 heavy (non-hydrogen) atoms. The van der Waals surface area contributed by atoms with Crippen LogP contribution < -0.4 is 0 Å². The van der Waals surface area contributed by atoms with Crippen molar-refractivity contribution in [2.45, 2.75) is 46.1 Å². The van der Waals surface area contributed by atoms with Gasteiger partial charge in [0.05, 0.1) is 0 Å². The second kappa shape index (κ2) is 6.00. The fraction of sp³-hybridized carbons (Fsp3) is 0.500. The maximum atomic E-state index is 4.40. The third-order valence-corrected chi connectivity index (χ3v) is 3.81. The monoisotopic (exact) mass is 257 g/mol. The van der Waals surface area contributed by atoms with E-state index in [0.29, 0.717) is 17.9 Å². The zero-order valence-corrected chi connectivity index (χ0v) is 12.2. The second-order valence-electron chi connectivity index (χ2n) is 5.46. The van der Waals surface area contributed by atoms with Gasteiger partial charge in [-0.15, -0.1) is 10.2 Å². The van der Waals surface area contributed by atoms with E-state index >= 15 is 0 Å². The topological polar surface area (TPSA) is 30.7 Å². The van der Waals surface area contributed by atoms with E-state index in [9.17, 15) is 0 Å². The lowest BCUT2D eigenvalue weighted by atomic mass is 9.85. The summed E-state index contributed by atoms with van der Waals surface area (Å²) in [6.45, 7) is 8.87. The maximum absolute atomic E-state index is 4.40. The molecule has 102 valence electrons. The van der Waals surface area contributed by atoms with Crippen LogP contribution in [-0.2, 0) is 0 Å². The fourth-order valence-electron chi connectivity index (χ4n) is 2.50. The van der Waals surface area contributed by atoms with Crippen LogP contribution in [0.2, 0.25) is 0 Å². The van der Waals surface area contributed by atoms with Crippen molar-refractivity contribution in [3.05, 3.63) is 48.0 Å². The second-order valence-corrected chi connectivity index (χ2v) is 5.46. The molecule has 2 aromatic rings. The zero-order valence-electron chi connectivity index (χ0n) is 12.2. The molecule has 3 nitrogen and oxygen atoms in total. The Morgan fingerprint density at radius 2 is 1.79 bits per heavy atom. The summed E-state index contributed by atoms with van der Waals surface area (Å²) in [4.78, 5) is 0. The predicted molar refractivity (Wildman–Crippen MR) is 78.1 cm³/mol. The van der Waals surface area contributed by atoms with Crippen molar-refractivity contribution in [2.24, 2.45) is 5.92 Å². The Balaban J connectivity index is 2.47. The Morgan fingerprint density at radius 3 is 2.37 bits per heavy atom. The first kappa shape index (κ1) is 13.8. The van der Waals surface area contributed by atoms with Crippen molar-refractivity contribution in [1.82, 2.24) is 14.8 Å². The molecule has 2 rings (SSSR count). The van der Waals surface area contributed by atoms with Gasteiger partial charge < -0.3 is 4.57 Å². The Kier molecular flexibility index (Phi) is 4.35. The highest BCUT2D eigenvalue weighted by molar-refractivity contribution is 5.26. The molecular formula is C16H23N3. The Hall–Kier alpha value is -1.64.